The average molecular weight is 289 g/mol. The Kier molecular flexibility index (Phi) is 5.01. The third kappa shape index (κ3) is 3.92. The van der Waals surface area contributed by atoms with Gasteiger partial charge < -0.3 is 10.4 Å². The molecule has 0 aromatic carbocycles. The Morgan fingerprint density at radius 2 is 2.28 bits per heavy atom. The lowest BCUT2D eigenvalue weighted by Crippen LogP contribution is -2.43. The number of nitrogens with one attached hydrogen (secondary N) is 1. The standard InChI is InChI=1S/C13H21ClN2OS/c1-2-10-3-5-13(17,6-4-10)9-15-8-12-16-7-11(14)18-12/h7,10,15,17H,2-6,8-9H2,1H3. The largest absolute Gasteiger partial charge is 0.389 e. The minimum atomic E-state index is -0.521. The van der Waals surface area contributed by atoms with Crippen molar-refractivity contribution in [1.82, 2.24) is 10.3 Å². The summed E-state index contributed by atoms with van der Waals surface area (Å²) in [7, 11) is 0. The normalized spacial score (nSPS) is 28.5. The SMILES string of the molecule is CCC1CCC(O)(CNCc2ncc(Cl)s2)CC1. The molecule has 0 spiro atoms. The Morgan fingerprint density at radius 3 is 2.83 bits per heavy atom. The van der Waals surface area contributed by atoms with Gasteiger partial charge in [0.15, 0.2) is 0 Å². The number of thiazole rings is 1. The first-order valence-electron chi connectivity index (χ1n) is 6.64. The summed E-state index contributed by atoms with van der Waals surface area (Å²) in [4.78, 5) is 4.19. The molecule has 2 rings (SSSR count). The second-order valence-electron chi connectivity index (χ2n) is 5.24. The summed E-state index contributed by atoms with van der Waals surface area (Å²) in [6, 6.07) is 0. The molecule has 0 atom stereocenters. The maximum Gasteiger partial charge on any atom is 0.113 e. The average Bonchev–Trinajstić information content (AvgIpc) is 2.76. The third-order valence-electron chi connectivity index (χ3n) is 3.87. The van der Waals surface area contributed by atoms with Crippen molar-refractivity contribution >= 4 is 22.9 Å². The number of halogens is 1. The lowest BCUT2D eigenvalue weighted by atomic mass is 9.78. The van der Waals surface area contributed by atoms with Crippen LogP contribution in [0.2, 0.25) is 4.34 Å². The van der Waals surface area contributed by atoms with Crippen molar-refractivity contribution in [2.45, 2.75) is 51.2 Å². The first-order chi connectivity index (χ1) is 8.61. The van der Waals surface area contributed by atoms with Crippen LogP contribution in [0.3, 0.4) is 0 Å². The zero-order valence-corrected chi connectivity index (χ0v) is 12.4. The van der Waals surface area contributed by atoms with Crippen molar-refractivity contribution in [1.29, 1.82) is 0 Å². The van der Waals surface area contributed by atoms with Crippen LogP contribution in [0.4, 0.5) is 0 Å². The van der Waals surface area contributed by atoms with E-state index in [1.54, 1.807) is 6.20 Å². The number of aliphatic hydroxyl groups is 1. The summed E-state index contributed by atoms with van der Waals surface area (Å²) < 4.78 is 0.717. The van der Waals surface area contributed by atoms with Crippen molar-refractivity contribution in [3.63, 3.8) is 0 Å². The molecule has 0 saturated heterocycles. The molecule has 1 fully saturated rings. The van der Waals surface area contributed by atoms with Gasteiger partial charge in [0.25, 0.3) is 0 Å². The molecule has 2 N–H and O–H groups in total. The summed E-state index contributed by atoms with van der Waals surface area (Å²) in [5.74, 6) is 0.808. The van der Waals surface area contributed by atoms with Crippen LogP contribution >= 0.6 is 22.9 Å². The number of hydrogen-bond acceptors (Lipinski definition) is 4. The predicted molar refractivity (Wildman–Crippen MR) is 76.0 cm³/mol. The van der Waals surface area contributed by atoms with E-state index in [4.69, 9.17) is 11.6 Å². The van der Waals surface area contributed by atoms with Crippen molar-refractivity contribution in [3.05, 3.63) is 15.5 Å². The molecule has 0 amide bonds. The lowest BCUT2D eigenvalue weighted by molar-refractivity contribution is -0.00881. The van der Waals surface area contributed by atoms with Crippen LogP contribution in [-0.2, 0) is 6.54 Å². The molecule has 1 aromatic rings. The predicted octanol–water partition coefficient (Wildman–Crippen LogP) is 3.22. The fourth-order valence-corrected chi connectivity index (χ4v) is 3.50. The fraction of sp³-hybridized carbons (Fsp3) is 0.769. The molecular weight excluding hydrogens is 268 g/mol. The quantitative estimate of drug-likeness (QED) is 0.874. The molecule has 1 aromatic heterocycles. The number of aromatic nitrogens is 1. The molecular formula is C13H21ClN2OS. The van der Waals surface area contributed by atoms with Gasteiger partial charge in [-0.05, 0) is 31.6 Å². The summed E-state index contributed by atoms with van der Waals surface area (Å²) in [6.07, 6.45) is 7.04. The van der Waals surface area contributed by atoms with Crippen LogP contribution in [0.15, 0.2) is 6.20 Å². The van der Waals surface area contributed by atoms with Gasteiger partial charge in [0.05, 0.1) is 11.8 Å². The van der Waals surface area contributed by atoms with Gasteiger partial charge in [-0.3, -0.25) is 0 Å². The van der Waals surface area contributed by atoms with Gasteiger partial charge in [0, 0.05) is 13.1 Å². The van der Waals surface area contributed by atoms with Gasteiger partial charge in [-0.2, -0.15) is 0 Å². The molecule has 102 valence electrons. The summed E-state index contributed by atoms with van der Waals surface area (Å²) >= 11 is 7.31. The summed E-state index contributed by atoms with van der Waals surface area (Å²) in [5.41, 5.74) is -0.521. The zero-order valence-electron chi connectivity index (χ0n) is 10.8. The van der Waals surface area contributed by atoms with E-state index in [2.05, 4.69) is 17.2 Å². The van der Waals surface area contributed by atoms with E-state index in [1.807, 2.05) is 0 Å². The molecule has 1 heterocycles. The Bertz CT molecular complexity index is 375. The molecule has 0 radical (unpaired) electrons. The molecule has 5 heteroatoms. The second-order valence-corrected chi connectivity index (χ2v) is 6.98. The van der Waals surface area contributed by atoms with E-state index >= 15 is 0 Å². The van der Waals surface area contributed by atoms with Crippen LogP contribution < -0.4 is 5.32 Å². The van der Waals surface area contributed by atoms with Crippen LogP contribution in [0.1, 0.15) is 44.0 Å². The van der Waals surface area contributed by atoms with Crippen molar-refractivity contribution in [3.8, 4) is 0 Å². The number of rotatable bonds is 5. The molecule has 0 aliphatic heterocycles. The van der Waals surface area contributed by atoms with Gasteiger partial charge in [0.2, 0.25) is 0 Å². The summed E-state index contributed by atoms with van der Waals surface area (Å²) in [6.45, 7) is 3.58. The fourth-order valence-electron chi connectivity index (χ4n) is 2.57. The molecule has 1 aliphatic rings. The van der Waals surface area contributed by atoms with Crippen LogP contribution in [0.25, 0.3) is 0 Å². The van der Waals surface area contributed by atoms with Crippen molar-refractivity contribution in [2.24, 2.45) is 5.92 Å². The van der Waals surface area contributed by atoms with Gasteiger partial charge in [0.1, 0.15) is 9.34 Å². The minimum Gasteiger partial charge on any atom is -0.389 e. The first kappa shape index (κ1) is 14.3. The van der Waals surface area contributed by atoms with Crippen molar-refractivity contribution < 1.29 is 5.11 Å². The van der Waals surface area contributed by atoms with Gasteiger partial charge >= 0.3 is 0 Å². The maximum absolute atomic E-state index is 10.5. The maximum atomic E-state index is 10.5. The van der Waals surface area contributed by atoms with Gasteiger partial charge in [-0.15, -0.1) is 11.3 Å². The van der Waals surface area contributed by atoms with E-state index in [1.165, 1.54) is 17.8 Å². The Labute approximate surface area is 118 Å². The number of nitrogens with zero attached hydrogens (tertiary/aromatic N) is 1. The Hall–Kier alpha value is -0.160. The molecule has 1 aliphatic carbocycles. The van der Waals surface area contributed by atoms with E-state index in [0.29, 0.717) is 17.4 Å². The molecule has 0 bridgehead atoms. The second kappa shape index (κ2) is 6.33. The van der Waals surface area contributed by atoms with E-state index < -0.39 is 5.60 Å². The molecule has 18 heavy (non-hydrogen) atoms. The molecule has 3 nitrogen and oxygen atoms in total. The Morgan fingerprint density at radius 1 is 1.56 bits per heavy atom. The highest BCUT2D eigenvalue weighted by molar-refractivity contribution is 7.15. The van der Waals surface area contributed by atoms with Crippen LogP contribution in [0.5, 0.6) is 0 Å². The molecule has 0 unspecified atom stereocenters. The zero-order chi connectivity index (χ0) is 13.0. The third-order valence-corrected chi connectivity index (χ3v) is 4.98. The van der Waals surface area contributed by atoms with E-state index in [0.717, 1.165) is 36.6 Å². The van der Waals surface area contributed by atoms with E-state index in [-0.39, 0.29) is 0 Å². The minimum absolute atomic E-state index is 0.521. The van der Waals surface area contributed by atoms with Gasteiger partial charge in [-0.25, -0.2) is 4.98 Å². The molecule has 1 saturated carbocycles. The monoisotopic (exact) mass is 288 g/mol. The lowest BCUT2D eigenvalue weighted by Gasteiger charge is -2.35. The first-order valence-corrected chi connectivity index (χ1v) is 7.84. The van der Waals surface area contributed by atoms with E-state index in [9.17, 15) is 5.11 Å². The smallest absolute Gasteiger partial charge is 0.113 e. The highest BCUT2D eigenvalue weighted by Gasteiger charge is 2.32. The number of hydrogen-bond donors (Lipinski definition) is 2. The highest BCUT2D eigenvalue weighted by atomic mass is 35.5. The van der Waals surface area contributed by atoms with Crippen LogP contribution in [0, 0.1) is 5.92 Å². The highest BCUT2D eigenvalue weighted by Crippen LogP contribution is 2.33. The topological polar surface area (TPSA) is 45.1 Å². The van der Waals surface area contributed by atoms with Gasteiger partial charge in [-0.1, -0.05) is 24.9 Å². The summed E-state index contributed by atoms with van der Waals surface area (Å²) in [5, 5.41) is 14.7. The van der Waals surface area contributed by atoms with Crippen molar-refractivity contribution in [2.75, 3.05) is 6.54 Å². The van der Waals surface area contributed by atoms with Crippen LogP contribution in [-0.4, -0.2) is 22.2 Å². The Balaban J connectivity index is 1.73.